The Morgan fingerprint density at radius 1 is 1.38 bits per heavy atom. The molecular weight excluding hydrogens is 208 g/mol. The average Bonchev–Trinajstić information content (AvgIpc) is 2.79. The number of hydrogen-bond donors (Lipinski definition) is 1. The number of hydrogen-bond acceptors (Lipinski definition) is 6. The van der Waals surface area contributed by atoms with Crippen LogP contribution in [-0.4, -0.2) is 37.0 Å². The van der Waals surface area contributed by atoms with Gasteiger partial charge in [0.2, 0.25) is 5.89 Å². The van der Waals surface area contributed by atoms with Crippen LogP contribution in [0, 0.1) is 5.92 Å². The molecular formula is C10H18N4O2. The van der Waals surface area contributed by atoms with Gasteiger partial charge in [0.25, 0.3) is 0 Å². The second kappa shape index (κ2) is 5.27. The lowest BCUT2D eigenvalue weighted by molar-refractivity contribution is 0.0682. The summed E-state index contributed by atoms with van der Waals surface area (Å²) in [5, 5.41) is 7.79. The normalized spacial score (nSPS) is 17.6. The van der Waals surface area contributed by atoms with Gasteiger partial charge in [-0.2, -0.15) is 0 Å². The summed E-state index contributed by atoms with van der Waals surface area (Å²) < 4.78 is 10.7. The van der Waals surface area contributed by atoms with Crippen LogP contribution in [0.3, 0.4) is 0 Å². The molecule has 90 valence electrons. The van der Waals surface area contributed by atoms with Crippen LogP contribution >= 0.6 is 0 Å². The summed E-state index contributed by atoms with van der Waals surface area (Å²) in [6.45, 7) is 2.93. The highest BCUT2D eigenvalue weighted by atomic mass is 16.5. The molecule has 0 spiro atoms. The molecule has 0 radical (unpaired) electrons. The first-order chi connectivity index (χ1) is 7.79. The number of anilines is 1. The zero-order valence-electron chi connectivity index (χ0n) is 9.56. The molecule has 0 unspecified atom stereocenters. The maximum absolute atomic E-state index is 5.42. The van der Waals surface area contributed by atoms with Crippen molar-refractivity contribution in [3.8, 4) is 0 Å². The molecule has 2 rings (SSSR count). The zero-order valence-corrected chi connectivity index (χ0v) is 9.56. The molecule has 1 fully saturated rings. The minimum atomic E-state index is 0.290. The molecule has 16 heavy (non-hydrogen) atoms. The lowest BCUT2D eigenvalue weighted by atomic mass is 10.0. The minimum absolute atomic E-state index is 0.290. The van der Waals surface area contributed by atoms with E-state index in [0.717, 1.165) is 32.6 Å². The summed E-state index contributed by atoms with van der Waals surface area (Å²) in [4.78, 5) is 1.99. The molecule has 0 amide bonds. The van der Waals surface area contributed by atoms with Crippen molar-refractivity contribution in [2.75, 3.05) is 31.7 Å². The number of nitrogens with two attached hydrogens (primary N) is 1. The molecule has 1 aromatic heterocycles. The van der Waals surface area contributed by atoms with Crippen LogP contribution in [0.5, 0.6) is 0 Å². The van der Waals surface area contributed by atoms with Gasteiger partial charge in [0.15, 0.2) is 0 Å². The molecule has 2 heterocycles. The Morgan fingerprint density at radius 3 is 2.75 bits per heavy atom. The quantitative estimate of drug-likeness (QED) is 0.800. The SMILES string of the molecule is CN(CC1CCOCC1)c1nnc(CN)o1. The van der Waals surface area contributed by atoms with E-state index in [-0.39, 0.29) is 6.54 Å². The zero-order chi connectivity index (χ0) is 11.4. The Hall–Kier alpha value is -1.14. The van der Waals surface area contributed by atoms with E-state index in [0.29, 0.717) is 17.8 Å². The van der Waals surface area contributed by atoms with Crippen LogP contribution in [-0.2, 0) is 11.3 Å². The fourth-order valence-electron chi connectivity index (χ4n) is 1.88. The van der Waals surface area contributed by atoms with Gasteiger partial charge in [-0.25, -0.2) is 0 Å². The van der Waals surface area contributed by atoms with Gasteiger partial charge in [0.1, 0.15) is 0 Å². The summed E-state index contributed by atoms with van der Waals surface area (Å²) in [6.07, 6.45) is 2.20. The first-order valence-electron chi connectivity index (χ1n) is 5.61. The van der Waals surface area contributed by atoms with Gasteiger partial charge in [0, 0.05) is 26.8 Å². The minimum Gasteiger partial charge on any atom is -0.407 e. The van der Waals surface area contributed by atoms with E-state index in [4.69, 9.17) is 14.9 Å². The predicted molar refractivity (Wildman–Crippen MR) is 59.0 cm³/mol. The average molecular weight is 226 g/mol. The second-order valence-electron chi connectivity index (χ2n) is 4.12. The standard InChI is InChI=1S/C10H18N4O2/c1-14(7-8-2-4-15-5-3-8)10-13-12-9(6-11)16-10/h8H,2-7,11H2,1H3. The van der Waals surface area contributed by atoms with Crippen molar-refractivity contribution in [3.63, 3.8) is 0 Å². The lowest BCUT2D eigenvalue weighted by Gasteiger charge is -2.25. The van der Waals surface area contributed by atoms with Gasteiger partial charge in [-0.15, -0.1) is 5.10 Å². The van der Waals surface area contributed by atoms with E-state index in [1.807, 2.05) is 11.9 Å². The predicted octanol–water partition coefficient (Wildman–Crippen LogP) is 0.391. The van der Waals surface area contributed by atoms with Crippen LogP contribution in [0.15, 0.2) is 4.42 Å². The highest BCUT2D eigenvalue weighted by molar-refractivity contribution is 5.21. The van der Waals surface area contributed by atoms with Crippen molar-refractivity contribution < 1.29 is 9.15 Å². The third kappa shape index (κ3) is 2.70. The summed E-state index contributed by atoms with van der Waals surface area (Å²) >= 11 is 0. The van der Waals surface area contributed by atoms with Gasteiger partial charge in [-0.05, 0) is 18.8 Å². The molecule has 1 aliphatic heterocycles. The Bertz CT molecular complexity index is 322. The van der Waals surface area contributed by atoms with Crippen molar-refractivity contribution in [2.24, 2.45) is 11.7 Å². The lowest BCUT2D eigenvalue weighted by Crippen LogP contribution is -2.29. The third-order valence-electron chi connectivity index (χ3n) is 2.83. The monoisotopic (exact) mass is 226 g/mol. The molecule has 1 aromatic rings. The molecule has 0 aliphatic carbocycles. The largest absolute Gasteiger partial charge is 0.407 e. The van der Waals surface area contributed by atoms with Gasteiger partial charge in [0.05, 0.1) is 6.54 Å². The Balaban J connectivity index is 1.88. The van der Waals surface area contributed by atoms with Crippen molar-refractivity contribution in [2.45, 2.75) is 19.4 Å². The molecule has 6 heteroatoms. The fraction of sp³-hybridized carbons (Fsp3) is 0.800. The first kappa shape index (κ1) is 11.3. The molecule has 1 aliphatic rings. The van der Waals surface area contributed by atoms with Crippen molar-refractivity contribution >= 4 is 6.01 Å². The summed E-state index contributed by atoms with van der Waals surface area (Å²) in [6, 6.07) is 0.548. The van der Waals surface area contributed by atoms with Gasteiger partial charge >= 0.3 is 6.01 Å². The van der Waals surface area contributed by atoms with Crippen molar-refractivity contribution in [3.05, 3.63) is 5.89 Å². The maximum Gasteiger partial charge on any atom is 0.317 e. The van der Waals surface area contributed by atoms with Crippen molar-refractivity contribution in [1.82, 2.24) is 10.2 Å². The van der Waals surface area contributed by atoms with E-state index in [1.165, 1.54) is 0 Å². The molecule has 0 aromatic carbocycles. The van der Waals surface area contributed by atoms with E-state index in [2.05, 4.69) is 10.2 Å². The first-order valence-corrected chi connectivity index (χ1v) is 5.61. The summed E-state index contributed by atoms with van der Waals surface area (Å²) in [5.41, 5.74) is 5.42. The maximum atomic E-state index is 5.42. The molecule has 2 N–H and O–H groups in total. The molecule has 0 saturated carbocycles. The number of ether oxygens (including phenoxy) is 1. The number of aromatic nitrogens is 2. The molecule has 0 bridgehead atoms. The van der Waals surface area contributed by atoms with Crippen LogP contribution in [0.25, 0.3) is 0 Å². The van der Waals surface area contributed by atoms with Crippen LogP contribution in [0.1, 0.15) is 18.7 Å². The van der Waals surface area contributed by atoms with E-state index in [1.54, 1.807) is 0 Å². The van der Waals surface area contributed by atoms with Gasteiger partial charge in [-0.1, -0.05) is 5.10 Å². The highest BCUT2D eigenvalue weighted by Crippen LogP contribution is 2.18. The topological polar surface area (TPSA) is 77.4 Å². The van der Waals surface area contributed by atoms with Gasteiger partial charge < -0.3 is 19.8 Å². The molecule has 6 nitrogen and oxygen atoms in total. The van der Waals surface area contributed by atoms with Gasteiger partial charge in [-0.3, -0.25) is 0 Å². The van der Waals surface area contributed by atoms with Crippen LogP contribution in [0.4, 0.5) is 6.01 Å². The van der Waals surface area contributed by atoms with Crippen LogP contribution in [0.2, 0.25) is 0 Å². The Labute approximate surface area is 94.8 Å². The molecule has 1 saturated heterocycles. The fourth-order valence-corrected chi connectivity index (χ4v) is 1.88. The molecule has 0 atom stereocenters. The Morgan fingerprint density at radius 2 is 2.12 bits per heavy atom. The Kier molecular flexibility index (Phi) is 3.74. The number of rotatable bonds is 4. The smallest absolute Gasteiger partial charge is 0.317 e. The van der Waals surface area contributed by atoms with E-state index < -0.39 is 0 Å². The van der Waals surface area contributed by atoms with E-state index >= 15 is 0 Å². The summed E-state index contributed by atoms with van der Waals surface area (Å²) in [5.74, 6) is 1.13. The third-order valence-corrected chi connectivity index (χ3v) is 2.83. The van der Waals surface area contributed by atoms with Crippen LogP contribution < -0.4 is 10.6 Å². The second-order valence-corrected chi connectivity index (χ2v) is 4.12. The number of nitrogens with zero attached hydrogens (tertiary/aromatic N) is 3. The summed E-state index contributed by atoms with van der Waals surface area (Å²) in [7, 11) is 1.96. The van der Waals surface area contributed by atoms with E-state index in [9.17, 15) is 0 Å². The highest BCUT2D eigenvalue weighted by Gasteiger charge is 2.18. The van der Waals surface area contributed by atoms with Crippen molar-refractivity contribution in [1.29, 1.82) is 0 Å².